The van der Waals surface area contributed by atoms with Crippen molar-refractivity contribution < 1.29 is 13.2 Å². The van der Waals surface area contributed by atoms with Crippen LogP contribution in [0.3, 0.4) is 0 Å². The van der Waals surface area contributed by atoms with Crippen LogP contribution >= 0.6 is 23.2 Å². The number of benzene rings is 2. The molecule has 29 heavy (non-hydrogen) atoms. The topological polar surface area (TPSA) is 73.6 Å². The summed E-state index contributed by atoms with van der Waals surface area (Å²) in [7, 11) is -3.86. The van der Waals surface area contributed by atoms with E-state index in [1.807, 2.05) is 6.07 Å². The van der Waals surface area contributed by atoms with E-state index >= 15 is 0 Å². The minimum atomic E-state index is -3.86. The maximum absolute atomic E-state index is 13.4. The molecule has 2 aromatic carbocycles. The van der Waals surface area contributed by atoms with E-state index in [2.05, 4.69) is 18.7 Å². The van der Waals surface area contributed by atoms with E-state index in [1.165, 1.54) is 28.6 Å². The molecular weight excluding hydrogens is 433 g/mol. The molecule has 0 unspecified atom stereocenters. The van der Waals surface area contributed by atoms with Crippen LogP contribution in [0.2, 0.25) is 10.0 Å². The molecule has 9 heteroatoms. The lowest BCUT2D eigenvalue weighted by Crippen LogP contribution is -2.50. The van der Waals surface area contributed by atoms with Crippen molar-refractivity contribution in [2.75, 3.05) is 26.2 Å². The smallest absolute Gasteiger partial charge is 0.246 e. The van der Waals surface area contributed by atoms with Gasteiger partial charge in [0.15, 0.2) is 0 Å². The van der Waals surface area contributed by atoms with E-state index in [4.69, 9.17) is 27.9 Å². The van der Waals surface area contributed by atoms with Crippen LogP contribution in [0.1, 0.15) is 19.4 Å². The number of rotatable bonds is 5. The molecule has 1 aliphatic rings. The Morgan fingerprint density at radius 3 is 2.34 bits per heavy atom. The summed E-state index contributed by atoms with van der Waals surface area (Å²) >= 11 is 12.2. The lowest BCUT2D eigenvalue weighted by molar-refractivity contribution is 0.154. The van der Waals surface area contributed by atoms with Crippen LogP contribution in [-0.2, 0) is 10.0 Å². The number of nitrogens with zero attached hydrogens (tertiary/aromatic N) is 3. The normalized spacial score (nSPS) is 16.0. The second-order valence-electron chi connectivity index (χ2n) is 6.98. The number of halogens is 2. The molecule has 0 spiro atoms. The molecule has 0 aliphatic carbocycles. The number of ether oxygens (including phenoxy) is 1. The number of piperazine rings is 1. The molecule has 1 fully saturated rings. The Balaban J connectivity index is 1.97. The van der Waals surface area contributed by atoms with Crippen molar-refractivity contribution >= 4 is 33.2 Å². The van der Waals surface area contributed by atoms with Gasteiger partial charge in [0.2, 0.25) is 10.0 Å². The average Bonchev–Trinajstić information content (AvgIpc) is 2.71. The van der Waals surface area contributed by atoms with Gasteiger partial charge in [-0.25, -0.2) is 8.42 Å². The quantitative estimate of drug-likeness (QED) is 0.671. The zero-order chi connectivity index (χ0) is 21.2. The minimum Gasteiger partial charge on any atom is -0.454 e. The molecule has 0 radical (unpaired) electrons. The molecule has 6 nitrogen and oxygen atoms in total. The molecular formula is C20H21Cl2N3O3S. The lowest BCUT2D eigenvalue weighted by Gasteiger charge is -2.36. The van der Waals surface area contributed by atoms with Gasteiger partial charge >= 0.3 is 0 Å². The third kappa shape index (κ3) is 4.85. The van der Waals surface area contributed by atoms with Gasteiger partial charge in [-0.2, -0.15) is 9.57 Å². The Hall–Kier alpha value is -1.82. The SMILES string of the molecule is CC(C)N1CCN(S(=O)(=O)c2cc(C#N)ccc2Oc2cc(Cl)ccc2Cl)CC1. The van der Waals surface area contributed by atoms with Gasteiger partial charge in [0.25, 0.3) is 0 Å². The van der Waals surface area contributed by atoms with Crippen LogP contribution in [0.15, 0.2) is 41.3 Å². The molecule has 1 aliphatic heterocycles. The van der Waals surface area contributed by atoms with E-state index in [0.717, 1.165) is 0 Å². The first-order chi connectivity index (χ1) is 13.7. The third-order valence-corrected chi connectivity index (χ3v) is 7.27. The summed E-state index contributed by atoms with van der Waals surface area (Å²) in [4.78, 5) is 2.16. The molecule has 1 heterocycles. The van der Waals surface area contributed by atoms with Crippen molar-refractivity contribution in [3.8, 4) is 17.6 Å². The van der Waals surface area contributed by atoms with Gasteiger partial charge in [0.05, 0.1) is 16.7 Å². The standard InChI is InChI=1S/C20H21Cl2N3O3S/c1-14(2)24-7-9-25(10-8-24)29(26,27)20-11-15(13-23)3-6-18(20)28-19-12-16(21)4-5-17(19)22/h3-6,11-12,14H,7-10H2,1-2H3. The van der Waals surface area contributed by atoms with E-state index in [0.29, 0.717) is 42.3 Å². The van der Waals surface area contributed by atoms with Crippen LogP contribution < -0.4 is 4.74 Å². The molecule has 154 valence electrons. The monoisotopic (exact) mass is 453 g/mol. The Labute approximate surface area is 181 Å². The van der Waals surface area contributed by atoms with Gasteiger partial charge in [-0.1, -0.05) is 23.2 Å². The first-order valence-electron chi connectivity index (χ1n) is 9.13. The number of nitriles is 1. The zero-order valence-corrected chi connectivity index (χ0v) is 18.4. The van der Waals surface area contributed by atoms with Crippen molar-refractivity contribution in [1.82, 2.24) is 9.21 Å². The van der Waals surface area contributed by atoms with E-state index in [1.54, 1.807) is 12.1 Å². The van der Waals surface area contributed by atoms with Gasteiger partial charge in [0.1, 0.15) is 16.4 Å². The van der Waals surface area contributed by atoms with Crippen molar-refractivity contribution in [3.63, 3.8) is 0 Å². The van der Waals surface area contributed by atoms with Crippen molar-refractivity contribution in [1.29, 1.82) is 5.26 Å². The summed E-state index contributed by atoms with van der Waals surface area (Å²) in [5.74, 6) is 0.337. The van der Waals surface area contributed by atoms with Crippen LogP contribution in [0.25, 0.3) is 0 Å². The first kappa shape index (κ1) is 21.9. The summed E-state index contributed by atoms with van der Waals surface area (Å²) in [6.45, 7) is 6.20. The minimum absolute atomic E-state index is 0.0643. The van der Waals surface area contributed by atoms with E-state index < -0.39 is 10.0 Å². The van der Waals surface area contributed by atoms with Crippen LogP contribution in [0, 0.1) is 11.3 Å². The highest BCUT2D eigenvalue weighted by atomic mass is 35.5. The van der Waals surface area contributed by atoms with Crippen molar-refractivity contribution in [2.45, 2.75) is 24.8 Å². The Bertz CT molecular complexity index is 1040. The predicted molar refractivity (Wildman–Crippen MR) is 113 cm³/mol. The van der Waals surface area contributed by atoms with Crippen LogP contribution in [-0.4, -0.2) is 49.8 Å². The number of sulfonamides is 1. The molecule has 0 saturated carbocycles. The molecule has 1 saturated heterocycles. The Kier molecular flexibility index (Phi) is 6.72. The summed E-state index contributed by atoms with van der Waals surface area (Å²) in [5.41, 5.74) is 0.230. The Morgan fingerprint density at radius 1 is 1.03 bits per heavy atom. The third-order valence-electron chi connectivity index (χ3n) is 4.81. The fraction of sp³-hybridized carbons (Fsp3) is 0.350. The van der Waals surface area contributed by atoms with Gasteiger partial charge in [-0.3, -0.25) is 4.90 Å². The first-order valence-corrected chi connectivity index (χ1v) is 11.3. The fourth-order valence-corrected chi connectivity index (χ4v) is 5.02. The van der Waals surface area contributed by atoms with Crippen molar-refractivity contribution in [2.24, 2.45) is 0 Å². The highest BCUT2D eigenvalue weighted by molar-refractivity contribution is 7.89. The van der Waals surface area contributed by atoms with E-state index in [9.17, 15) is 13.7 Å². The summed E-state index contributed by atoms with van der Waals surface area (Å²) in [5, 5.41) is 9.96. The van der Waals surface area contributed by atoms with Crippen LogP contribution in [0.4, 0.5) is 0 Å². The highest BCUT2D eigenvalue weighted by Gasteiger charge is 2.32. The Morgan fingerprint density at radius 2 is 1.72 bits per heavy atom. The number of hydrogen-bond acceptors (Lipinski definition) is 5. The van der Waals surface area contributed by atoms with Gasteiger partial charge in [-0.15, -0.1) is 0 Å². The molecule has 0 atom stereocenters. The van der Waals surface area contributed by atoms with Gasteiger partial charge in [-0.05, 0) is 44.2 Å². The highest BCUT2D eigenvalue weighted by Crippen LogP contribution is 2.36. The zero-order valence-electron chi connectivity index (χ0n) is 16.1. The predicted octanol–water partition coefficient (Wildman–Crippen LogP) is 4.37. The lowest BCUT2D eigenvalue weighted by atomic mass is 10.2. The van der Waals surface area contributed by atoms with E-state index in [-0.39, 0.29) is 22.0 Å². The van der Waals surface area contributed by atoms with Crippen LogP contribution in [0.5, 0.6) is 11.5 Å². The molecule has 0 amide bonds. The molecule has 0 bridgehead atoms. The molecule has 3 rings (SSSR count). The average molecular weight is 454 g/mol. The summed E-state index contributed by atoms with van der Waals surface area (Å²) in [6.07, 6.45) is 0. The van der Waals surface area contributed by atoms with Crippen molar-refractivity contribution in [3.05, 3.63) is 52.0 Å². The second-order valence-corrected chi connectivity index (χ2v) is 9.73. The fourth-order valence-electron chi connectivity index (χ4n) is 3.14. The molecule has 0 aromatic heterocycles. The van der Waals surface area contributed by atoms with Gasteiger partial charge in [0, 0.05) is 43.3 Å². The number of hydrogen-bond donors (Lipinski definition) is 0. The largest absolute Gasteiger partial charge is 0.454 e. The summed E-state index contributed by atoms with van der Waals surface area (Å²) < 4.78 is 33.9. The molecule has 2 aromatic rings. The van der Waals surface area contributed by atoms with Gasteiger partial charge < -0.3 is 4.74 Å². The molecule has 0 N–H and O–H groups in total. The summed E-state index contributed by atoms with van der Waals surface area (Å²) in [6, 6.07) is 11.3. The maximum Gasteiger partial charge on any atom is 0.246 e. The second kappa shape index (κ2) is 8.90. The maximum atomic E-state index is 13.4.